The number of imide groups is 1. The number of esters is 1. The number of methoxy groups -OCH3 is 2. The maximum absolute atomic E-state index is 13.3. The third-order valence-corrected chi connectivity index (χ3v) is 6.36. The molecule has 0 spiro atoms. The van der Waals surface area contributed by atoms with Crippen molar-refractivity contribution < 1.29 is 33.4 Å². The zero-order valence-corrected chi connectivity index (χ0v) is 20.7. The molecule has 11 nitrogen and oxygen atoms in total. The molecule has 2 heterocycles. The summed E-state index contributed by atoms with van der Waals surface area (Å²) in [5, 5.41) is 6.90. The fourth-order valence-electron chi connectivity index (χ4n) is 3.54. The number of hydrogen-bond donors (Lipinski definition) is 2. The van der Waals surface area contributed by atoms with Crippen molar-refractivity contribution in [3.8, 4) is 5.75 Å². The van der Waals surface area contributed by atoms with Gasteiger partial charge in [-0.3, -0.25) is 9.59 Å². The lowest BCUT2D eigenvalue weighted by Crippen LogP contribution is -2.51. The van der Waals surface area contributed by atoms with E-state index in [1.807, 2.05) is 6.92 Å². The summed E-state index contributed by atoms with van der Waals surface area (Å²) in [5.74, 6) is -1.47. The van der Waals surface area contributed by atoms with Gasteiger partial charge >= 0.3 is 12.0 Å². The normalized spacial score (nSPS) is 17.0. The van der Waals surface area contributed by atoms with Gasteiger partial charge in [-0.25, -0.2) is 19.5 Å². The summed E-state index contributed by atoms with van der Waals surface area (Å²) in [6, 6.07) is 4.13. The topological polar surface area (TPSA) is 136 Å². The fraction of sp³-hybridized carbons (Fsp3) is 0.435. The van der Waals surface area contributed by atoms with Crippen molar-refractivity contribution in [3.63, 3.8) is 0 Å². The number of aromatic nitrogens is 1. The van der Waals surface area contributed by atoms with Crippen molar-refractivity contribution in [1.82, 2.24) is 15.2 Å². The van der Waals surface area contributed by atoms with E-state index in [9.17, 15) is 19.2 Å². The number of benzene rings is 1. The number of thiazole rings is 1. The molecule has 1 aliphatic heterocycles. The first-order valence-electron chi connectivity index (χ1n) is 11.0. The summed E-state index contributed by atoms with van der Waals surface area (Å²) < 4.78 is 15.1. The van der Waals surface area contributed by atoms with Crippen molar-refractivity contribution >= 4 is 40.3 Å². The molecule has 3 atom stereocenters. The predicted molar refractivity (Wildman–Crippen MR) is 127 cm³/mol. The molecule has 2 aromatic rings. The number of hydrogen-bond acceptors (Lipinski definition) is 9. The van der Waals surface area contributed by atoms with Crippen LogP contribution in [0, 0.1) is 5.92 Å². The molecule has 188 valence electrons. The quantitative estimate of drug-likeness (QED) is 0.271. The number of nitrogens with one attached hydrogen (secondary N) is 2. The van der Waals surface area contributed by atoms with E-state index in [4.69, 9.17) is 9.47 Å². The van der Waals surface area contributed by atoms with Crippen LogP contribution in [0.25, 0.3) is 0 Å². The van der Waals surface area contributed by atoms with Crippen molar-refractivity contribution in [1.29, 1.82) is 0 Å². The highest BCUT2D eigenvalue weighted by molar-refractivity contribution is 7.14. The predicted octanol–water partition coefficient (Wildman–Crippen LogP) is 2.60. The Morgan fingerprint density at radius 3 is 2.54 bits per heavy atom. The molecule has 0 radical (unpaired) electrons. The molecular formula is C23H28N4O7S. The lowest BCUT2D eigenvalue weighted by Gasteiger charge is -2.28. The third-order valence-electron chi connectivity index (χ3n) is 5.60. The second kappa shape index (κ2) is 11.8. The Balaban J connectivity index is 1.77. The van der Waals surface area contributed by atoms with Gasteiger partial charge in [-0.2, -0.15) is 0 Å². The van der Waals surface area contributed by atoms with E-state index in [-0.39, 0.29) is 16.7 Å². The van der Waals surface area contributed by atoms with Crippen LogP contribution in [0.2, 0.25) is 0 Å². The van der Waals surface area contributed by atoms with Crippen LogP contribution in [-0.4, -0.2) is 67.2 Å². The van der Waals surface area contributed by atoms with Crippen LogP contribution in [0.1, 0.15) is 42.4 Å². The summed E-state index contributed by atoms with van der Waals surface area (Å²) in [6.07, 6.45) is 0.540. The highest BCUT2D eigenvalue weighted by Gasteiger charge is 2.47. The van der Waals surface area contributed by atoms with Crippen LogP contribution in [0.3, 0.4) is 0 Å². The second-order valence-electron chi connectivity index (χ2n) is 7.85. The molecule has 1 aromatic heterocycles. The van der Waals surface area contributed by atoms with Crippen molar-refractivity contribution in [2.45, 2.75) is 32.4 Å². The van der Waals surface area contributed by atoms with Crippen LogP contribution >= 0.6 is 11.3 Å². The Morgan fingerprint density at radius 1 is 1.20 bits per heavy atom. The van der Waals surface area contributed by atoms with Crippen molar-refractivity contribution in [2.24, 2.45) is 5.92 Å². The number of amides is 4. The van der Waals surface area contributed by atoms with E-state index in [0.717, 1.165) is 16.2 Å². The molecular weight excluding hydrogens is 476 g/mol. The fourth-order valence-corrected chi connectivity index (χ4v) is 4.23. The first kappa shape index (κ1) is 26.1. The second-order valence-corrected chi connectivity index (χ2v) is 8.71. The van der Waals surface area contributed by atoms with E-state index in [1.54, 1.807) is 38.3 Å². The van der Waals surface area contributed by atoms with Gasteiger partial charge in [0.05, 0.1) is 13.7 Å². The number of urea groups is 1. The first-order valence-corrected chi connectivity index (χ1v) is 11.9. The van der Waals surface area contributed by atoms with Gasteiger partial charge in [0.2, 0.25) is 5.91 Å². The minimum absolute atomic E-state index is 0.0533. The average Bonchev–Trinajstić information content (AvgIpc) is 3.44. The first-order chi connectivity index (χ1) is 16.8. The van der Waals surface area contributed by atoms with E-state index in [1.165, 1.54) is 12.5 Å². The number of anilines is 1. The molecule has 0 aliphatic carbocycles. The zero-order chi connectivity index (χ0) is 25.5. The van der Waals surface area contributed by atoms with Gasteiger partial charge in [-0.05, 0) is 23.6 Å². The third kappa shape index (κ3) is 5.95. The largest absolute Gasteiger partial charge is 0.491 e. The maximum Gasteiger partial charge on any atom is 0.357 e. The molecule has 1 saturated heterocycles. The van der Waals surface area contributed by atoms with Crippen molar-refractivity contribution in [2.75, 3.05) is 32.8 Å². The van der Waals surface area contributed by atoms with Gasteiger partial charge in [0, 0.05) is 12.5 Å². The van der Waals surface area contributed by atoms with Gasteiger partial charge in [-0.1, -0.05) is 32.4 Å². The zero-order valence-electron chi connectivity index (χ0n) is 19.9. The summed E-state index contributed by atoms with van der Waals surface area (Å²) in [4.78, 5) is 56.0. The molecule has 0 saturated carbocycles. The minimum atomic E-state index is -1.07. The van der Waals surface area contributed by atoms with Crippen LogP contribution < -0.4 is 15.4 Å². The number of ether oxygens (including phenoxy) is 3. The van der Waals surface area contributed by atoms with Gasteiger partial charge in [0.15, 0.2) is 10.8 Å². The molecule has 1 aromatic carbocycles. The molecule has 4 amide bonds. The molecule has 35 heavy (non-hydrogen) atoms. The molecule has 12 heteroatoms. The van der Waals surface area contributed by atoms with Gasteiger partial charge < -0.3 is 24.8 Å². The highest BCUT2D eigenvalue weighted by Crippen LogP contribution is 2.29. The number of rotatable bonds is 11. The summed E-state index contributed by atoms with van der Waals surface area (Å²) in [5.41, 5.74) is 0.619. The Morgan fingerprint density at radius 2 is 1.91 bits per heavy atom. The Hall–Kier alpha value is -3.51. The summed E-state index contributed by atoms with van der Waals surface area (Å²) >= 11 is 1.04. The highest BCUT2D eigenvalue weighted by atomic mass is 32.1. The van der Waals surface area contributed by atoms with Crippen LogP contribution in [-0.2, 0) is 19.1 Å². The SMILES string of the molecule is CC[C@@H](C)[C@@H](C(=O)Nc1nc(C(=O)OC)cs1)N1C(=O)NC(c2ccc(OCCOC)cc2)C1=O. The standard InChI is InChI=1S/C23H28N4O7S/c1-5-13(2)18(19(28)26-22-24-16(12-35-22)21(30)33-4)27-20(29)17(25-23(27)31)14-6-8-15(9-7-14)34-11-10-32-3/h6-9,12-13,17-18H,5,10-11H2,1-4H3,(H,25,31)(H,24,26,28)/t13-,17?,18+/m1/s1. The van der Waals surface area contributed by atoms with Crippen molar-refractivity contribution in [3.05, 3.63) is 40.9 Å². The monoisotopic (exact) mass is 504 g/mol. The molecule has 2 N–H and O–H groups in total. The number of nitrogens with zero attached hydrogens (tertiary/aromatic N) is 2. The summed E-state index contributed by atoms with van der Waals surface area (Å²) in [7, 11) is 2.81. The minimum Gasteiger partial charge on any atom is -0.491 e. The van der Waals surface area contributed by atoms with E-state index in [0.29, 0.717) is 30.9 Å². The molecule has 0 bridgehead atoms. The average molecular weight is 505 g/mol. The van der Waals surface area contributed by atoms with Gasteiger partial charge in [-0.15, -0.1) is 11.3 Å². The van der Waals surface area contributed by atoms with E-state index in [2.05, 4.69) is 20.4 Å². The Kier molecular flexibility index (Phi) is 8.77. The van der Waals surface area contributed by atoms with Crippen LogP contribution in [0.4, 0.5) is 9.93 Å². The van der Waals surface area contributed by atoms with Gasteiger partial charge in [0.1, 0.15) is 24.4 Å². The summed E-state index contributed by atoms with van der Waals surface area (Å²) in [6.45, 7) is 4.47. The molecule has 1 fully saturated rings. The Bertz CT molecular complexity index is 1070. The maximum atomic E-state index is 13.3. The molecule has 3 rings (SSSR count). The Labute approximate surface area is 206 Å². The molecule has 1 aliphatic rings. The number of carbonyl (C=O) groups is 4. The lowest BCUT2D eigenvalue weighted by molar-refractivity contribution is -0.135. The van der Waals surface area contributed by atoms with Crippen LogP contribution in [0.15, 0.2) is 29.6 Å². The smallest absolute Gasteiger partial charge is 0.357 e. The van der Waals surface area contributed by atoms with E-state index >= 15 is 0 Å². The van der Waals surface area contributed by atoms with Crippen LogP contribution in [0.5, 0.6) is 5.75 Å². The molecule has 1 unspecified atom stereocenters. The number of carbonyl (C=O) groups excluding carboxylic acids is 4. The van der Waals surface area contributed by atoms with Gasteiger partial charge in [0.25, 0.3) is 5.91 Å². The van der Waals surface area contributed by atoms with E-state index < -0.39 is 35.9 Å². The lowest BCUT2D eigenvalue weighted by atomic mass is 9.96.